The summed E-state index contributed by atoms with van der Waals surface area (Å²) < 4.78 is 11.3. The number of aromatic hydroxyl groups is 2. The summed E-state index contributed by atoms with van der Waals surface area (Å²) in [6, 6.07) is 11.6. The Morgan fingerprint density at radius 1 is 1.15 bits per heavy atom. The Bertz CT molecular complexity index is 1140. The van der Waals surface area contributed by atoms with Gasteiger partial charge in [0.15, 0.2) is 11.5 Å². The SMILES string of the molecule is CCOc1cc([C@@H]2c3c(-c4ccccc4O)n[nH]c3C(=O)N2CCCOC(C)C)ccc1O. The van der Waals surface area contributed by atoms with Gasteiger partial charge in [0.2, 0.25) is 0 Å². The average Bonchev–Trinajstić information content (AvgIpc) is 3.32. The van der Waals surface area contributed by atoms with Crippen molar-refractivity contribution in [3.8, 4) is 28.5 Å². The number of benzene rings is 2. The lowest BCUT2D eigenvalue weighted by Crippen LogP contribution is -2.31. The van der Waals surface area contributed by atoms with E-state index in [2.05, 4.69) is 10.2 Å². The molecule has 3 N–H and O–H groups in total. The predicted octanol–water partition coefficient (Wildman–Crippen LogP) is 4.25. The van der Waals surface area contributed by atoms with Gasteiger partial charge in [0.05, 0.1) is 18.8 Å². The zero-order valence-corrected chi connectivity index (χ0v) is 19.0. The second kappa shape index (κ2) is 9.54. The number of carbonyl (C=O) groups is 1. The number of amides is 1. The Hall–Kier alpha value is -3.52. The number of phenols is 2. The first-order valence-electron chi connectivity index (χ1n) is 11.2. The van der Waals surface area contributed by atoms with Gasteiger partial charge in [0, 0.05) is 24.3 Å². The van der Waals surface area contributed by atoms with Crippen LogP contribution in [-0.2, 0) is 4.74 Å². The molecule has 0 radical (unpaired) electrons. The molecule has 1 atom stereocenters. The molecule has 1 aliphatic rings. The summed E-state index contributed by atoms with van der Waals surface area (Å²) in [5, 5.41) is 27.9. The molecule has 2 aromatic carbocycles. The first-order valence-corrected chi connectivity index (χ1v) is 11.2. The van der Waals surface area contributed by atoms with Crippen LogP contribution in [0.5, 0.6) is 17.2 Å². The van der Waals surface area contributed by atoms with Crippen molar-refractivity contribution in [3.05, 3.63) is 59.3 Å². The quantitative estimate of drug-likeness (QED) is 0.420. The van der Waals surface area contributed by atoms with Gasteiger partial charge in [-0.2, -0.15) is 5.10 Å². The molecule has 0 aliphatic carbocycles. The fraction of sp³-hybridized carbons (Fsp3) is 0.360. The summed E-state index contributed by atoms with van der Waals surface area (Å²) in [4.78, 5) is 15.2. The Labute approximate surface area is 192 Å². The molecular formula is C25H29N3O5. The zero-order chi connectivity index (χ0) is 23.5. The monoisotopic (exact) mass is 451 g/mol. The van der Waals surface area contributed by atoms with Crippen LogP contribution in [0.3, 0.4) is 0 Å². The number of fused-ring (bicyclic) bond motifs is 1. The molecule has 1 aliphatic heterocycles. The summed E-state index contributed by atoms with van der Waals surface area (Å²) >= 11 is 0. The fourth-order valence-electron chi connectivity index (χ4n) is 4.18. The third-order valence-corrected chi connectivity index (χ3v) is 5.62. The summed E-state index contributed by atoms with van der Waals surface area (Å²) in [5.74, 6) is 0.309. The number of aromatic amines is 1. The van der Waals surface area contributed by atoms with Crippen LogP contribution in [0.4, 0.5) is 0 Å². The first-order chi connectivity index (χ1) is 15.9. The standard InChI is InChI=1S/C25H29N3O5/c1-4-32-20-14-16(10-11-19(20)30)24-21-22(17-8-5-6-9-18(17)29)26-27-23(21)25(31)28(24)12-7-13-33-15(2)3/h5-6,8-11,14-15,24,29-30H,4,7,12-13H2,1-3H3,(H,26,27)/t24-/m1/s1. The van der Waals surface area contributed by atoms with E-state index in [-0.39, 0.29) is 23.5 Å². The first kappa shape index (κ1) is 22.7. The van der Waals surface area contributed by atoms with Crippen LogP contribution in [0, 0.1) is 0 Å². The highest BCUT2D eigenvalue weighted by Crippen LogP contribution is 2.45. The lowest BCUT2D eigenvalue weighted by atomic mass is 9.95. The number of H-pyrrole nitrogens is 1. The maximum absolute atomic E-state index is 13.4. The van der Waals surface area contributed by atoms with Crippen LogP contribution in [-0.4, -0.2) is 57.1 Å². The minimum atomic E-state index is -0.459. The van der Waals surface area contributed by atoms with Gasteiger partial charge in [0.25, 0.3) is 5.91 Å². The largest absolute Gasteiger partial charge is 0.507 e. The molecule has 8 nitrogen and oxygen atoms in total. The molecule has 8 heteroatoms. The topological polar surface area (TPSA) is 108 Å². The second-order valence-electron chi connectivity index (χ2n) is 8.21. The minimum absolute atomic E-state index is 0.0372. The molecule has 0 bridgehead atoms. The van der Waals surface area contributed by atoms with E-state index in [1.807, 2.05) is 26.8 Å². The Kier molecular flexibility index (Phi) is 6.55. The van der Waals surface area contributed by atoms with Gasteiger partial charge in [-0.05, 0) is 57.0 Å². The number of nitrogens with zero attached hydrogens (tertiary/aromatic N) is 2. The molecule has 1 aromatic heterocycles. The van der Waals surface area contributed by atoms with Crippen molar-refractivity contribution in [2.45, 2.75) is 39.3 Å². The van der Waals surface area contributed by atoms with Crippen molar-refractivity contribution in [2.75, 3.05) is 19.8 Å². The molecule has 0 fully saturated rings. The molecule has 0 unspecified atom stereocenters. The molecule has 174 valence electrons. The number of ether oxygens (including phenoxy) is 2. The lowest BCUT2D eigenvalue weighted by Gasteiger charge is -2.27. The van der Waals surface area contributed by atoms with Crippen LogP contribution in [0.1, 0.15) is 54.8 Å². The summed E-state index contributed by atoms with van der Waals surface area (Å²) in [6.45, 7) is 7.21. The van der Waals surface area contributed by atoms with Crippen LogP contribution in [0.25, 0.3) is 11.3 Å². The predicted molar refractivity (Wildman–Crippen MR) is 124 cm³/mol. The molecule has 3 aromatic rings. The highest BCUT2D eigenvalue weighted by molar-refractivity contribution is 6.00. The van der Waals surface area contributed by atoms with Crippen molar-refractivity contribution in [1.82, 2.24) is 15.1 Å². The van der Waals surface area contributed by atoms with E-state index < -0.39 is 6.04 Å². The summed E-state index contributed by atoms with van der Waals surface area (Å²) in [7, 11) is 0. The number of hydrogen-bond donors (Lipinski definition) is 3. The van der Waals surface area contributed by atoms with Gasteiger partial charge in [0.1, 0.15) is 17.1 Å². The van der Waals surface area contributed by atoms with E-state index >= 15 is 0 Å². The average molecular weight is 452 g/mol. The summed E-state index contributed by atoms with van der Waals surface area (Å²) in [6.07, 6.45) is 0.783. The van der Waals surface area contributed by atoms with E-state index in [1.165, 1.54) is 0 Å². The van der Waals surface area contributed by atoms with Gasteiger partial charge in [-0.1, -0.05) is 18.2 Å². The maximum Gasteiger partial charge on any atom is 0.273 e. The van der Waals surface area contributed by atoms with Gasteiger partial charge in [-0.25, -0.2) is 0 Å². The number of hydrogen-bond acceptors (Lipinski definition) is 6. The van der Waals surface area contributed by atoms with E-state index in [4.69, 9.17) is 9.47 Å². The van der Waals surface area contributed by atoms with Crippen LogP contribution < -0.4 is 4.74 Å². The second-order valence-corrected chi connectivity index (χ2v) is 8.21. The molecule has 0 saturated carbocycles. The van der Waals surface area contributed by atoms with E-state index in [0.717, 1.165) is 5.56 Å². The number of nitrogens with one attached hydrogen (secondary N) is 1. The Morgan fingerprint density at radius 2 is 1.94 bits per heavy atom. The molecule has 0 spiro atoms. The Balaban J connectivity index is 1.78. The highest BCUT2D eigenvalue weighted by Gasteiger charge is 2.42. The number of carbonyl (C=O) groups excluding carboxylic acids is 1. The van der Waals surface area contributed by atoms with Gasteiger partial charge >= 0.3 is 0 Å². The van der Waals surface area contributed by atoms with E-state index in [0.29, 0.717) is 54.4 Å². The van der Waals surface area contributed by atoms with Crippen molar-refractivity contribution in [3.63, 3.8) is 0 Å². The number of aromatic nitrogens is 2. The van der Waals surface area contributed by atoms with Crippen molar-refractivity contribution in [2.24, 2.45) is 0 Å². The molecule has 4 rings (SSSR count). The molecule has 2 heterocycles. The van der Waals surface area contributed by atoms with Crippen LogP contribution in [0.15, 0.2) is 42.5 Å². The van der Waals surface area contributed by atoms with Crippen LogP contribution in [0.2, 0.25) is 0 Å². The molecule has 33 heavy (non-hydrogen) atoms. The van der Waals surface area contributed by atoms with Gasteiger partial charge < -0.3 is 24.6 Å². The maximum atomic E-state index is 13.4. The van der Waals surface area contributed by atoms with Gasteiger partial charge in [-0.15, -0.1) is 0 Å². The fourth-order valence-corrected chi connectivity index (χ4v) is 4.18. The molecular weight excluding hydrogens is 422 g/mol. The van der Waals surface area contributed by atoms with Crippen LogP contribution >= 0.6 is 0 Å². The summed E-state index contributed by atoms with van der Waals surface area (Å²) in [5.41, 5.74) is 2.94. The van der Waals surface area contributed by atoms with Crippen molar-refractivity contribution >= 4 is 5.91 Å². The van der Waals surface area contributed by atoms with E-state index in [9.17, 15) is 15.0 Å². The smallest absolute Gasteiger partial charge is 0.273 e. The van der Waals surface area contributed by atoms with Crippen molar-refractivity contribution < 1.29 is 24.5 Å². The number of para-hydroxylation sites is 1. The van der Waals surface area contributed by atoms with E-state index in [1.54, 1.807) is 41.3 Å². The molecule has 0 saturated heterocycles. The zero-order valence-electron chi connectivity index (χ0n) is 19.0. The number of rotatable bonds is 9. The minimum Gasteiger partial charge on any atom is -0.507 e. The third kappa shape index (κ3) is 4.39. The number of phenolic OH excluding ortho intramolecular Hbond substituents is 2. The molecule has 1 amide bonds. The Morgan fingerprint density at radius 3 is 2.67 bits per heavy atom. The normalized spacial score (nSPS) is 15.3. The third-order valence-electron chi connectivity index (χ3n) is 5.62. The van der Waals surface area contributed by atoms with Crippen molar-refractivity contribution in [1.29, 1.82) is 0 Å². The lowest BCUT2D eigenvalue weighted by molar-refractivity contribution is 0.0601. The van der Waals surface area contributed by atoms with Gasteiger partial charge in [-0.3, -0.25) is 9.89 Å². The highest BCUT2D eigenvalue weighted by atomic mass is 16.5.